The van der Waals surface area contributed by atoms with E-state index in [-0.39, 0.29) is 12.1 Å². The maximum Gasteiger partial charge on any atom is 0.238 e. The molecule has 0 radical (unpaired) electrons. The summed E-state index contributed by atoms with van der Waals surface area (Å²) in [6, 6.07) is 6.44. The standard InChI is InChI=1S/C16H24N2O/c1-5-11(2)10-18-15(19)9-17-16(18)14-8-12(3)6-7-13(14)4/h6-8,11,16-17H,5,9-10H2,1-4H3. The molecule has 1 aromatic rings. The Morgan fingerprint density at radius 2 is 2.16 bits per heavy atom. The molecule has 1 N–H and O–H groups in total. The minimum absolute atomic E-state index is 0.0430. The van der Waals surface area contributed by atoms with Gasteiger partial charge in [0, 0.05) is 6.54 Å². The van der Waals surface area contributed by atoms with Gasteiger partial charge < -0.3 is 4.90 Å². The summed E-state index contributed by atoms with van der Waals surface area (Å²) in [6.45, 7) is 9.87. The van der Waals surface area contributed by atoms with Crippen LogP contribution in [0, 0.1) is 19.8 Å². The van der Waals surface area contributed by atoms with Gasteiger partial charge in [0.1, 0.15) is 6.17 Å². The average Bonchev–Trinajstić information content (AvgIpc) is 2.74. The zero-order valence-electron chi connectivity index (χ0n) is 12.4. The van der Waals surface area contributed by atoms with Crippen molar-refractivity contribution >= 4 is 5.91 Å². The molecule has 0 aromatic heterocycles. The molecule has 3 nitrogen and oxygen atoms in total. The predicted octanol–water partition coefficient (Wildman–Crippen LogP) is 2.78. The fourth-order valence-corrected chi connectivity index (χ4v) is 2.54. The van der Waals surface area contributed by atoms with Crippen molar-refractivity contribution in [3.05, 3.63) is 34.9 Å². The van der Waals surface area contributed by atoms with Crippen molar-refractivity contribution in [1.29, 1.82) is 0 Å². The van der Waals surface area contributed by atoms with E-state index in [1.54, 1.807) is 0 Å². The van der Waals surface area contributed by atoms with Gasteiger partial charge in [-0.25, -0.2) is 0 Å². The number of nitrogens with zero attached hydrogens (tertiary/aromatic N) is 1. The first-order valence-electron chi connectivity index (χ1n) is 7.13. The Morgan fingerprint density at radius 1 is 1.42 bits per heavy atom. The highest BCUT2D eigenvalue weighted by atomic mass is 16.2. The van der Waals surface area contributed by atoms with Gasteiger partial charge in [-0.1, -0.05) is 44.0 Å². The Kier molecular flexibility index (Phi) is 4.25. The van der Waals surface area contributed by atoms with Gasteiger partial charge in [0.25, 0.3) is 0 Å². The maximum absolute atomic E-state index is 12.1. The van der Waals surface area contributed by atoms with Crippen LogP contribution in [0.15, 0.2) is 18.2 Å². The van der Waals surface area contributed by atoms with E-state index < -0.39 is 0 Å². The fraction of sp³-hybridized carbons (Fsp3) is 0.562. The van der Waals surface area contributed by atoms with Gasteiger partial charge in [-0.05, 0) is 30.9 Å². The van der Waals surface area contributed by atoms with Crippen molar-refractivity contribution in [1.82, 2.24) is 10.2 Å². The van der Waals surface area contributed by atoms with Crippen molar-refractivity contribution in [2.75, 3.05) is 13.1 Å². The quantitative estimate of drug-likeness (QED) is 0.903. The van der Waals surface area contributed by atoms with Crippen LogP contribution < -0.4 is 5.32 Å². The summed E-state index contributed by atoms with van der Waals surface area (Å²) in [5.74, 6) is 0.752. The highest BCUT2D eigenvalue weighted by Crippen LogP contribution is 2.27. The third-order valence-corrected chi connectivity index (χ3v) is 4.01. The lowest BCUT2D eigenvalue weighted by atomic mass is 10.0. The molecule has 104 valence electrons. The van der Waals surface area contributed by atoms with Crippen LogP contribution in [0.2, 0.25) is 0 Å². The molecule has 0 spiro atoms. The van der Waals surface area contributed by atoms with Crippen molar-refractivity contribution in [3.63, 3.8) is 0 Å². The second-order valence-electron chi connectivity index (χ2n) is 5.70. The van der Waals surface area contributed by atoms with Crippen LogP contribution in [0.3, 0.4) is 0 Å². The number of benzene rings is 1. The van der Waals surface area contributed by atoms with E-state index in [0.717, 1.165) is 13.0 Å². The summed E-state index contributed by atoms with van der Waals surface area (Å²) in [6.07, 6.45) is 1.14. The van der Waals surface area contributed by atoms with Crippen LogP contribution in [-0.2, 0) is 4.79 Å². The van der Waals surface area contributed by atoms with Crippen LogP contribution in [0.4, 0.5) is 0 Å². The van der Waals surface area contributed by atoms with E-state index in [4.69, 9.17) is 0 Å². The van der Waals surface area contributed by atoms with E-state index in [0.29, 0.717) is 12.5 Å². The Balaban J connectivity index is 2.26. The summed E-state index contributed by atoms with van der Waals surface area (Å²) < 4.78 is 0. The molecule has 1 amide bonds. The first-order valence-corrected chi connectivity index (χ1v) is 7.13. The largest absolute Gasteiger partial charge is 0.322 e. The molecule has 0 aliphatic carbocycles. The van der Waals surface area contributed by atoms with Gasteiger partial charge in [0.05, 0.1) is 6.54 Å². The highest BCUT2D eigenvalue weighted by Gasteiger charge is 2.32. The van der Waals surface area contributed by atoms with E-state index in [1.807, 2.05) is 4.90 Å². The summed E-state index contributed by atoms with van der Waals surface area (Å²) in [5, 5.41) is 3.35. The molecule has 1 aliphatic heterocycles. The van der Waals surface area contributed by atoms with Gasteiger partial charge >= 0.3 is 0 Å². The minimum Gasteiger partial charge on any atom is -0.322 e. The number of hydrogen-bond acceptors (Lipinski definition) is 2. The number of aryl methyl sites for hydroxylation is 2. The third kappa shape index (κ3) is 2.98. The van der Waals surface area contributed by atoms with E-state index >= 15 is 0 Å². The predicted molar refractivity (Wildman–Crippen MR) is 77.8 cm³/mol. The molecular weight excluding hydrogens is 236 g/mol. The topological polar surface area (TPSA) is 32.3 Å². The van der Waals surface area contributed by atoms with E-state index in [1.165, 1.54) is 16.7 Å². The number of rotatable bonds is 4. The van der Waals surface area contributed by atoms with Crippen LogP contribution in [0.5, 0.6) is 0 Å². The zero-order chi connectivity index (χ0) is 14.0. The molecule has 3 heteroatoms. The summed E-state index contributed by atoms with van der Waals surface area (Å²) in [7, 11) is 0. The Hall–Kier alpha value is -1.35. The highest BCUT2D eigenvalue weighted by molar-refractivity contribution is 5.81. The first kappa shape index (κ1) is 14.1. The van der Waals surface area contributed by atoms with Crippen molar-refractivity contribution in [2.24, 2.45) is 5.92 Å². The monoisotopic (exact) mass is 260 g/mol. The lowest BCUT2D eigenvalue weighted by molar-refractivity contribution is -0.128. The Morgan fingerprint density at radius 3 is 2.84 bits per heavy atom. The van der Waals surface area contributed by atoms with Gasteiger partial charge in [0.2, 0.25) is 5.91 Å². The summed E-state index contributed by atoms with van der Waals surface area (Å²) >= 11 is 0. The lowest BCUT2D eigenvalue weighted by Crippen LogP contribution is -2.34. The van der Waals surface area contributed by atoms with Crippen LogP contribution in [0.1, 0.15) is 43.1 Å². The summed E-state index contributed by atoms with van der Waals surface area (Å²) in [4.78, 5) is 14.1. The first-order chi connectivity index (χ1) is 9.02. The van der Waals surface area contributed by atoms with Crippen LogP contribution in [-0.4, -0.2) is 23.9 Å². The minimum atomic E-state index is 0.0430. The normalized spacial score (nSPS) is 20.9. The Bertz CT molecular complexity index is 470. The van der Waals surface area contributed by atoms with Crippen molar-refractivity contribution in [2.45, 2.75) is 40.3 Å². The number of hydrogen-bond donors (Lipinski definition) is 1. The van der Waals surface area contributed by atoms with Gasteiger partial charge in [0.15, 0.2) is 0 Å². The number of amides is 1. The van der Waals surface area contributed by atoms with Crippen LogP contribution in [0.25, 0.3) is 0 Å². The van der Waals surface area contributed by atoms with E-state index in [9.17, 15) is 4.79 Å². The molecular formula is C16H24N2O. The fourth-order valence-electron chi connectivity index (χ4n) is 2.54. The lowest BCUT2D eigenvalue weighted by Gasteiger charge is -2.28. The average molecular weight is 260 g/mol. The van der Waals surface area contributed by atoms with Crippen molar-refractivity contribution < 1.29 is 4.79 Å². The molecule has 1 fully saturated rings. The second kappa shape index (κ2) is 5.74. The molecule has 1 saturated heterocycles. The maximum atomic E-state index is 12.1. The molecule has 1 aliphatic rings. The van der Waals surface area contributed by atoms with Gasteiger partial charge in [-0.15, -0.1) is 0 Å². The molecule has 1 heterocycles. The molecule has 0 bridgehead atoms. The molecule has 2 rings (SSSR count). The SMILES string of the molecule is CCC(C)CN1C(=O)CNC1c1cc(C)ccc1C. The number of carbonyl (C=O) groups excluding carboxylic acids is 1. The zero-order valence-corrected chi connectivity index (χ0v) is 12.4. The molecule has 2 atom stereocenters. The van der Waals surface area contributed by atoms with E-state index in [2.05, 4.69) is 51.2 Å². The molecule has 2 unspecified atom stereocenters. The number of carbonyl (C=O) groups is 1. The van der Waals surface area contributed by atoms with Gasteiger partial charge in [-0.3, -0.25) is 10.1 Å². The smallest absolute Gasteiger partial charge is 0.238 e. The summed E-state index contributed by atoms with van der Waals surface area (Å²) in [5.41, 5.74) is 3.71. The van der Waals surface area contributed by atoms with Crippen LogP contribution >= 0.6 is 0 Å². The molecule has 0 saturated carbocycles. The third-order valence-electron chi connectivity index (χ3n) is 4.01. The van der Waals surface area contributed by atoms with Crippen molar-refractivity contribution in [3.8, 4) is 0 Å². The second-order valence-corrected chi connectivity index (χ2v) is 5.70. The molecule has 1 aromatic carbocycles. The van der Waals surface area contributed by atoms with Gasteiger partial charge in [-0.2, -0.15) is 0 Å². The number of nitrogens with one attached hydrogen (secondary N) is 1. The molecule has 19 heavy (non-hydrogen) atoms. The Labute approximate surface area is 116 Å².